The van der Waals surface area contributed by atoms with E-state index in [1.165, 1.54) is 6.33 Å². The third kappa shape index (κ3) is 3.82. The first-order valence-corrected chi connectivity index (χ1v) is 10.1. The summed E-state index contributed by atoms with van der Waals surface area (Å²) in [6.45, 7) is 0. The lowest BCUT2D eigenvalue weighted by Gasteiger charge is -2.28. The zero-order chi connectivity index (χ0) is 20.4. The van der Waals surface area contributed by atoms with Crippen molar-refractivity contribution in [3.63, 3.8) is 0 Å². The molecule has 0 unspecified atom stereocenters. The van der Waals surface area contributed by atoms with E-state index in [0.717, 1.165) is 25.7 Å². The van der Waals surface area contributed by atoms with Crippen LogP contribution in [0.1, 0.15) is 41.6 Å². The SMILES string of the molecule is CNC(=O)[C@H]1CC[C@@H](Nc2ncnc3[nH]cc(C(=O)c4ccccc4Cl)c23)CC1. The molecule has 2 aromatic heterocycles. The van der Waals surface area contributed by atoms with Crippen molar-refractivity contribution in [2.45, 2.75) is 31.7 Å². The maximum Gasteiger partial charge on any atom is 0.222 e. The first kappa shape index (κ1) is 19.4. The van der Waals surface area contributed by atoms with Crippen molar-refractivity contribution in [2.75, 3.05) is 12.4 Å². The predicted molar refractivity (Wildman–Crippen MR) is 112 cm³/mol. The van der Waals surface area contributed by atoms with E-state index >= 15 is 0 Å². The number of benzene rings is 1. The van der Waals surface area contributed by atoms with Crippen LogP contribution in [0.2, 0.25) is 5.02 Å². The third-order valence-corrected chi connectivity index (χ3v) is 5.85. The zero-order valence-corrected chi connectivity index (χ0v) is 16.8. The number of rotatable bonds is 5. The van der Waals surface area contributed by atoms with Gasteiger partial charge in [0.1, 0.15) is 17.8 Å². The third-order valence-electron chi connectivity index (χ3n) is 5.52. The molecule has 0 atom stereocenters. The van der Waals surface area contributed by atoms with Crippen LogP contribution in [-0.4, -0.2) is 39.7 Å². The number of anilines is 1. The maximum atomic E-state index is 13.1. The first-order valence-electron chi connectivity index (χ1n) is 9.68. The van der Waals surface area contributed by atoms with Gasteiger partial charge in [-0.15, -0.1) is 0 Å². The monoisotopic (exact) mass is 411 g/mol. The number of carbonyl (C=O) groups excluding carboxylic acids is 2. The van der Waals surface area contributed by atoms with E-state index in [-0.39, 0.29) is 23.7 Å². The van der Waals surface area contributed by atoms with Gasteiger partial charge in [-0.25, -0.2) is 9.97 Å². The van der Waals surface area contributed by atoms with Crippen LogP contribution in [0.4, 0.5) is 5.82 Å². The highest BCUT2D eigenvalue weighted by molar-refractivity contribution is 6.35. The minimum absolute atomic E-state index is 0.0630. The van der Waals surface area contributed by atoms with E-state index in [4.69, 9.17) is 11.6 Å². The Kier molecular flexibility index (Phi) is 5.49. The van der Waals surface area contributed by atoms with Gasteiger partial charge < -0.3 is 15.6 Å². The van der Waals surface area contributed by atoms with Gasteiger partial charge in [0.05, 0.1) is 16.0 Å². The molecule has 0 radical (unpaired) electrons. The van der Waals surface area contributed by atoms with Crippen molar-refractivity contribution < 1.29 is 9.59 Å². The average Bonchev–Trinajstić information content (AvgIpc) is 3.19. The van der Waals surface area contributed by atoms with Crippen LogP contribution in [0.3, 0.4) is 0 Å². The Hall–Kier alpha value is -2.93. The normalized spacial score (nSPS) is 19.1. The van der Waals surface area contributed by atoms with Crippen molar-refractivity contribution in [3.8, 4) is 0 Å². The number of fused-ring (bicyclic) bond motifs is 1. The number of H-pyrrole nitrogens is 1. The molecule has 1 aromatic carbocycles. The van der Waals surface area contributed by atoms with E-state index in [2.05, 4.69) is 25.6 Å². The van der Waals surface area contributed by atoms with Gasteiger partial charge in [-0.2, -0.15) is 0 Å². The molecule has 1 aliphatic carbocycles. The summed E-state index contributed by atoms with van der Waals surface area (Å²) in [7, 11) is 1.67. The largest absolute Gasteiger partial charge is 0.367 e. The lowest BCUT2D eigenvalue weighted by Crippen LogP contribution is -2.34. The van der Waals surface area contributed by atoms with Gasteiger partial charge in [-0.1, -0.05) is 23.7 Å². The Bertz CT molecular complexity index is 1060. The van der Waals surface area contributed by atoms with Gasteiger partial charge in [-0.05, 0) is 37.8 Å². The number of halogens is 1. The van der Waals surface area contributed by atoms with E-state index in [0.29, 0.717) is 33.0 Å². The summed E-state index contributed by atoms with van der Waals surface area (Å²) in [5.74, 6) is 0.609. The maximum absolute atomic E-state index is 13.1. The summed E-state index contributed by atoms with van der Waals surface area (Å²) in [6, 6.07) is 7.17. The number of aromatic amines is 1. The molecule has 1 aliphatic rings. The molecule has 150 valence electrons. The molecule has 8 heteroatoms. The molecule has 2 heterocycles. The highest BCUT2D eigenvalue weighted by atomic mass is 35.5. The molecule has 0 spiro atoms. The second kappa shape index (κ2) is 8.21. The number of hydrogen-bond donors (Lipinski definition) is 3. The molecule has 1 amide bonds. The average molecular weight is 412 g/mol. The molecular weight excluding hydrogens is 390 g/mol. The van der Waals surface area contributed by atoms with Gasteiger partial charge in [0, 0.05) is 30.8 Å². The fourth-order valence-corrected chi connectivity index (χ4v) is 4.16. The van der Waals surface area contributed by atoms with Crippen LogP contribution in [0.5, 0.6) is 0 Å². The topological polar surface area (TPSA) is 99.8 Å². The summed E-state index contributed by atoms with van der Waals surface area (Å²) in [4.78, 5) is 36.7. The molecule has 3 N–H and O–H groups in total. The van der Waals surface area contributed by atoms with Crippen molar-refractivity contribution in [3.05, 3.63) is 52.9 Å². The Balaban J connectivity index is 1.60. The zero-order valence-electron chi connectivity index (χ0n) is 16.0. The fraction of sp³-hybridized carbons (Fsp3) is 0.333. The molecule has 0 bridgehead atoms. The number of ketones is 1. The van der Waals surface area contributed by atoms with Gasteiger partial charge in [-0.3, -0.25) is 9.59 Å². The minimum Gasteiger partial charge on any atom is -0.367 e. The van der Waals surface area contributed by atoms with Gasteiger partial charge in [0.2, 0.25) is 5.91 Å². The lowest BCUT2D eigenvalue weighted by atomic mass is 9.85. The van der Waals surface area contributed by atoms with Crippen LogP contribution in [-0.2, 0) is 4.79 Å². The number of amides is 1. The van der Waals surface area contributed by atoms with Gasteiger partial charge in [0.25, 0.3) is 0 Å². The standard InChI is InChI=1S/C21H22ClN5O2/c1-23-21(29)12-6-8-13(9-7-12)27-20-17-15(10-24-19(17)25-11-26-20)18(28)14-4-2-3-5-16(14)22/h2-5,10-13H,6-9H2,1H3,(H,23,29)(H2,24,25,26,27)/t12-,13+. The van der Waals surface area contributed by atoms with Crippen LogP contribution in [0, 0.1) is 5.92 Å². The Morgan fingerprint density at radius 2 is 1.86 bits per heavy atom. The van der Waals surface area contributed by atoms with E-state index < -0.39 is 0 Å². The molecule has 7 nitrogen and oxygen atoms in total. The smallest absolute Gasteiger partial charge is 0.222 e. The van der Waals surface area contributed by atoms with Crippen LogP contribution >= 0.6 is 11.6 Å². The Labute approximate surface area is 173 Å². The Morgan fingerprint density at radius 3 is 2.59 bits per heavy atom. The van der Waals surface area contributed by atoms with Gasteiger partial charge in [0.15, 0.2) is 5.78 Å². The summed E-state index contributed by atoms with van der Waals surface area (Å²) >= 11 is 6.22. The summed E-state index contributed by atoms with van der Waals surface area (Å²) < 4.78 is 0. The molecule has 29 heavy (non-hydrogen) atoms. The molecular formula is C21H22ClN5O2. The summed E-state index contributed by atoms with van der Waals surface area (Å²) in [5.41, 5.74) is 1.52. The van der Waals surface area contributed by atoms with Crippen molar-refractivity contribution in [2.24, 2.45) is 5.92 Å². The highest BCUT2D eigenvalue weighted by Gasteiger charge is 2.27. The van der Waals surface area contributed by atoms with Crippen molar-refractivity contribution in [1.82, 2.24) is 20.3 Å². The number of nitrogens with zero attached hydrogens (tertiary/aromatic N) is 2. The van der Waals surface area contributed by atoms with Crippen LogP contribution in [0.25, 0.3) is 11.0 Å². The van der Waals surface area contributed by atoms with Crippen molar-refractivity contribution >= 4 is 40.1 Å². The summed E-state index contributed by atoms with van der Waals surface area (Å²) in [5, 5.41) is 7.25. The number of nitrogens with one attached hydrogen (secondary N) is 3. The second-order valence-electron chi connectivity index (χ2n) is 7.26. The first-order chi connectivity index (χ1) is 14.1. The van der Waals surface area contributed by atoms with Crippen LogP contribution in [0.15, 0.2) is 36.8 Å². The predicted octanol–water partition coefficient (Wildman–Crippen LogP) is 3.56. The highest BCUT2D eigenvalue weighted by Crippen LogP contribution is 2.31. The molecule has 1 saturated carbocycles. The van der Waals surface area contributed by atoms with E-state index in [1.54, 1.807) is 37.5 Å². The summed E-state index contributed by atoms with van der Waals surface area (Å²) in [6.07, 6.45) is 6.50. The van der Waals surface area contributed by atoms with E-state index in [1.807, 2.05) is 0 Å². The van der Waals surface area contributed by atoms with E-state index in [9.17, 15) is 9.59 Å². The second-order valence-corrected chi connectivity index (χ2v) is 7.67. The quantitative estimate of drug-likeness (QED) is 0.557. The fourth-order valence-electron chi connectivity index (χ4n) is 3.94. The number of hydrogen-bond acceptors (Lipinski definition) is 5. The molecule has 0 saturated heterocycles. The van der Waals surface area contributed by atoms with Crippen LogP contribution < -0.4 is 10.6 Å². The minimum atomic E-state index is -0.178. The molecule has 0 aliphatic heterocycles. The Morgan fingerprint density at radius 1 is 1.10 bits per heavy atom. The number of aromatic nitrogens is 3. The molecule has 1 fully saturated rings. The lowest BCUT2D eigenvalue weighted by molar-refractivity contribution is -0.125. The number of carbonyl (C=O) groups is 2. The van der Waals surface area contributed by atoms with Gasteiger partial charge >= 0.3 is 0 Å². The molecule has 3 aromatic rings. The van der Waals surface area contributed by atoms with Crippen molar-refractivity contribution in [1.29, 1.82) is 0 Å². The molecule has 4 rings (SSSR count).